The Bertz CT molecular complexity index is 2210. The molecule has 8 rings (SSSR count). The van der Waals surface area contributed by atoms with Crippen LogP contribution >= 0.6 is 22.9 Å². The molecule has 1 amide bonds. The van der Waals surface area contributed by atoms with Crippen molar-refractivity contribution < 1.29 is 22.7 Å². The number of nitriles is 1. The molecule has 5 aromatic rings. The maximum absolute atomic E-state index is 17.0. The zero-order valence-electron chi connectivity index (χ0n) is 26.9. The highest BCUT2D eigenvalue weighted by Gasteiger charge is 2.49. The van der Waals surface area contributed by atoms with Gasteiger partial charge in [0.2, 0.25) is 0 Å². The molecule has 3 saturated heterocycles. The molecule has 0 radical (unpaired) electrons. The molecule has 0 aliphatic carbocycles. The van der Waals surface area contributed by atoms with Crippen molar-refractivity contribution in [3.8, 4) is 23.2 Å². The standard InChI is InChI=1S/C34H31ClF3N9O2S/c1-44(19-5-9-45(15-19)33(48)46-10-7-41-17-46)31-21-11-23(35)26(20-3-4-24(37)29-25(20)22(13-39)30(40)50-29)27(38)28(21)42-32(43-31)49-16-34-6-2-8-47(34)14-18(36)12-34/h3-4,7,10-11,17-19H,2,5-6,8-9,12,14-16,40H2,1H3/t18-,19-,34+/m1/s1. The lowest BCUT2D eigenvalue weighted by molar-refractivity contribution is 0.107. The van der Waals surface area contributed by atoms with Crippen LogP contribution in [-0.2, 0) is 0 Å². The number of rotatable bonds is 6. The van der Waals surface area contributed by atoms with E-state index in [9.17, 15) is 18.8 Å². The predicted molar refractivity (Wildman–Crippen MR) is 184 cm³/mol. The summed E-state index contributed by atoms with van der Waals surface area (Å²) in [6.07, 6.45) is 6.21. The van der Waals surface area contributed by atoms with Crippen molar-refractivity contribution in [2.24, 2.45) is 0 Å². The van der Waals surface area contributed by atoms with Crippen molar-refractivity contribution in [1.82, 2.24) is 29.3 Å². The lowest BCUT2D eigenvalue weighted by atomic mass is 9.95. The second kappa shape index (κ2) is 12.3. The van der Waals surface area contributed by atoms with E-state index in [0.29, 0.717) is 43.7 Å². The minimum absolute atomic E-state index is 0.00717. The molecule has 0 saturated carbocycles. The Kier molecular flexibility index (Phi) is 8.00. The van der Waals surface area contributed by atoms with Gasteiger partial charge in [-0.25, -0.2) is 22.9 Å². The molecule has 0 bridgehead atoms. The lowest BCUT2D eigenvalue weighted by Gasteiger charge is -2.31. The maximum Gasteiger partial charge on any atom is 0.329 e. The molecule has 3 atom stereocenters. The average molecular weight is 722 g/mol. The van der Waals surface area contributed by atoms with Gasteiger partial charge in [-0.1, -0.05) is 17.7 Å². The maximum atomic E-state index is 17.0. The van der Waals surface area contributed by atoms with E-state index in [1.165, 1.54) is 29.2 Å². The van der Waals surface area contributed by atoms with Crippen molar-refractivity contribution in [2.75, 3.05) is 50.5 Å². The Morgan fingerprint density at radius 1 is 1.28 bits per heavy atom. The summed E-state index contributed by atoms with van der Waals surface area (Å²) in [4.78, 5) is 32.0. The Balaban J connectivity index is 1.24. The van der Waals surface area contributed by atoms with Crippen LogP contribution in [0.2, 0.25) is 5.02 Å². The third-order valence-corrected chi connectivity index (χ3v) is 11.6. The van der Waals surface area contributed by atoms with Gasteiger partial charge < -0.3 is 20.3 Å². The van der Waals surface area contributed by atoms with E-state index in [2.05, 4.69) is 14.9 Å². The molecule has 50 heavy (non-hydrogen) atoms. The van der Waals surface area contributed by atoms with Crippen LogP contribution in [0.1, 0.15) is 31.2 Å². The van der Waals surface area contributed by atoms with Gasteiger partial charge in [-0.05, 0) is 43.5 Å². The van der Waals surface area contributed by atoms with E-state index in [-0.39, 0.29) is 67.0 Å². The van der Waals surface area contributed by atoms with Gasteiger partial charge in [0, 0.05) is 67.9 Å². The number of thiophene rings is 1. The number of benzene rings is 2. The number of aromatic nitrogens is 4. The van der Waals surface area contributed by atoms with Gasteiger partial charge in [0.05, 0.1) is 20.8 Å². The number of nitrogens with zero attached hydrogens (tertiary/aromatic N) is 8. The van der Waals surface area contributed by atoms with E-state index in [1.807, 2.05) is 11.0 Å². The fourth-order valence-electron chi connectivity index (χ4n) is 7.84. The number of carbonyl (C=O) groups excluding carboxylic acids is 1. The number of likely N-dealkylation sites (N-methyl/N-ethyl adjacent to an activating group) is 1. The van der Waals surface area contributed by atoms with Crippen LogP contribution in [-0.4, -0.2) is 92.9 Å². The fourth-order valence-corrected chi connectivity index (χ4v) is 9.08. The monoisotopic (exact) mass is 721 g/mol. The highest BCUT2D eigenvalue weighted by Crippen LogP contribution is 2.46. The molecule has 0 unspecified atom stereocenters. The highest BCUT2D eigenvalue weighted by atomic mass is 35.5. The third-order valence-electron chi connectivity index (χ3n) is 10.3. The first kappa shape index (κ1) is 32.5. The normalized spacial score (nSPS) is 22.0. The van der Waals surface area contributed by atoms with Crippen molar-refractivity contribution in [3.63, 3.8) is 0 Å². The third kappa shape index (κ3) is 5.19. The van der Waals surface area contributed by atoms with Crippen molar-refractivity contribution >= 4 is 60.8 Å². The lowest BCUT2D eigenvalue weighted by Crippen LogP contribution is -2.43. The Morgan fingerprint density at radius 3 is 2.90 bits per heavy atom. The van der Waals surface area contributed by atoms with Gasteiger partial charge in [0.1, 0.15) is 47.3 Å². The van der Waals surface area contributed by atoms with Crippen LogP contribution in [0.25, 0.3) is 32.1 Å². The fraction of sp³-hybridized carbons (Fsp3) is 0.382. The van der Waals surface area contributed by atoms with Gasteiger partial charge in [-0.15, -0.1) is 11.3 Å². The summed E-state index contributed by atoms with van der Waals surface area (Å²) >= 11 is 7.75. The minimum Gasteiger partial charge on any atom is -0.461 e. The number of imidazole rings is 1. The number of alkyl halides is 1. The zero-order chi connectivity index (χ0) is 34.9. The summed E-state index contributed by atoms with van der Waals surface area (Å²) in [6, 6.07) is 5.61. The van der Waals surface area contributed by atoms with E-state index in [0.717, 1.165) is 30.7 Å². The number of hydrogen-bond acceptors (Lipinski definition) is 10. The van der Waals surface area contributed by atoms with E-state index < -0.39 is 23.3 Å². The molecule has 258 valence electrons. The van der Waals surface area contributed by atoms with Gasteiger partial charge in [0.15, 0.2) is 5.82 Å². The number of anilines is 2. The van der Waals surface area contributed by atoms with Crippen LogP contribution in [0, 0.1) is 23.0 Å². The number of hydrogen-bond donors (Lipinski definition) is 1. The molecule has 0 spiro atoms. The zero-order valence-corrected chi connectivity index (χ0v) is 28.4. The Labute approximate surface area is 293 Å². The number of halogens is 4. The molecule has 11 nitrogen and oxygen atoms in total. The summed E-state index contributed by atoms with van der Waals surface area (Å²) < 4.78 is 54.3. The van der Waals surface area contributed by atoms with Crippen LogP contribution in [0.15, 0.2) is 36.9 Å². The molecule has 3 aliphatic heterocycles. The SMILES string of the molecule is CN(c1nc(OC[C@@]23CCCN2C[C@H](F)C3)nc2c(F)c(-c3ccc(F)c4sc(N)c(C#N)c34)c(Cl)cc12)[C@@H]1CCN(C(=O)n2ccnc2)C1. The van der Waals surface area contributed by atoms with E-state index >= 15 is 4.39 Å². The van der Waals surface area contributed by atoms with Crippen molar-refractivity contribution in [1.29, 1.82) is 5.26 Å². The molecule has 3 aromatic heterocycles. The second-order valence-corrected chi connectivity index (χ2v) is 14.6. The van der Waals surface area contributed by atoms with Crippen LogP contribution in [0.3, 0.4) is 0 Å². The molecular weight excluding hydrogens is 691 g/mol. The number of ether oxygens (including phenoxy) is 1. The molecule has 3 aliphatic rings. The quantitative estimate of drug-likeness (QED) is 0.217. The van der Waals surface area contributed by atoms with Crippen molar-refractivity contribution in [3.05, 3.63) is 59.1 Å². The van der Waals surface area contributed by atoms with Crippen LogP contribution in [0.4, 0.5) is 28.8 Å². The van der Waals surface area contributed by atoms with Gasteiger partial charge >= 0.3 is 12.0 Å². The van der Waals surface area contributed by atoms with Gasteiger partial charge in [-0.3, -0.25) is 9.47 Å². The predicted octanol–water partition coefficient (Wildman–Crippen LogP) is 6.23. The first-order chi connectivity index (χ1) is 24.1. The molecule has 16 heteroatoms. The molecule has 6 heterocycles. The summed E-state index contributed by atoms with van der Waals surface area (Å²) in [5, 5.41) is 10.4. The average Bonchev–Trinajstić information content (AvgIpc) is 3.93. The summed E-state index contributed by atoms with van der Waals surface area (Å²) in [5.41, 5.74) is 5.61. The second-order valence-electron chi connectivity index (χ2n) is 13.1. The number of amides is 1. The van der Waals surface area contributed by atoms with E-state index in [1.54, 1.807) is 24.2 Å². The Morgan fingerprint density at radius 2 is 2.12 bits per heavy atom. The van der Waals surface area contributed by atoms with Gasteiger partial charge in [0.25, 0.3) is 0 Å². The van der Waals surface area contributed by atoms with Crippen LogP contribution in [0.5, 0.6) is 6.01 Å². The number of carbonyl (C=O) groups is 1. The van der Waals surface area contributed by atoms with Crippen LogP contribution < -0.4 is 15.4 Å². The molecule has 3 fully saturated rings. The summed E-state index contributed by atoms with van der Waals surface area (Å²) in [7, 11) is 1.81. The van der Waals surface area contributed by atoms with E-state index in [4.69, 9.17) is 27.1 Å². The number of nitrogen functional groups attached to an aromatic ring is 1. The topological polar surface area (TPSA) is 129 Å². The van der Waals surface area contributed by atoms with Crippen molar-refractivity contribution in [2.45, 2.75) is 43.4 Å². The largest absolute Gasteiger partial charge is 0.461 e. The molecular formula is C34H31ClF3N9O2S. The Hall–Kier alpha value is -4.65. The summed E-state index contributed by atoms with van der Waals surface area (Å²) in [6.45, 7) is 2.08. The van der Waals surface area contributed by atoms with Gasteiger partial charge in [-0.2, -0.15) is 15.2 Å². The smallest absolute Gasteiger partial charge is 0.329 e. The number of fused-ring (bicyclic) bond motifs is 3. The number of likely N-dealkylation sites (tertiary alicyclic amines) is 1. The molecule has 2 aromatic carbocycles. The number of nitrogens with two attached hydrogens (primary N) is 1. The first-order valence-corrected chi connectivity index (χ1v) is 17.4. The minimum atomic E-state index is -0.965. The summed E-state index contributed by atoms with van der Waals surface area (Å²) in [5.74, 6) is -1.08. The first-order valence-electron chi connectivity index (χ1n) is 16.2. The highest BCUT2D eigenvalue weighted by molar-refractivity contribution is 7.23. The molecule has 2 N–H and O–H groups in total.